The van der Waals surface area contributed by atoms with Gasteiger partial charge in [0.25, 0.3) is 5.91 Å². The molecule has 1 aliphatic carbocycles. The van der Waals surface area contributed by atoms with Gasteiger partial charge in [-0.1, -0.05) is 12.1 Å². The molecule has 1 aromatic carbocycles. The zero-order valence-electron chi connectivity index (χ0n) is 15.9. The Labute approximate surface area is 162 Å². The summed E-state index contributed by atoms with van der Waals surface area (Å²) in [7, 11) is 1.84. The molecule has 0 radical (unpaired) electrons. The van der Waals surface area contributed by atoms with Crippen molar-refractivity contribution in [2.75, 3.05) is 6.54 Å². The second-order valence-electron chi connectivity index (χ2n) is 7.29. The van der Waals surface area contributed by atoms with E-state index in [9.17, 15) is 9.59 Å². The van der Waals surface area contributed by atoms with Gasteiger partial charge in [-0.25, -0.2) is 9.78 Å². The minimum atomic E-state index is -0.954. The van der Waals surface area contributed by atoms with Crippen LogP contribution in [0, 0.1) is 6.92 Å². The number of rotatable bonds is 6. The number of carbonyl (C=O) groups is 2. The highest BCUT2D eigenvalue weighted by atomic mass is 16.4. The maximum absolute atomic E-state index is 12.9. The fraction of sp³-hybridized carbons (Fsp3) is 0.333. The minimum absolute atomic E-state index is 0.153. The molecule has 4 rings (SSSR count). The first kappa shape index (κ1) is 18.2. The predicted octanol–water partition coefficient (Wildman–Crippen LogP) is 2.82. The average Bonchev–Trinajstić information content (AvgIpc) is 3.48. The van der Waals surface area contributed by atoms with Gasteiger partial charge in [0.15, 0.2) is 5.65 Å². The van der Waals surface area contributed by atoms with E-state index in [1.54, 1.807) is 22.9 Å². The predicted molar refractivity (Wildman–Crippen MR) is 105 cm³/mol. The van der Waals surface area contributed by atoms with E-state index < -0.39 is 5.97 Å². The summed E-state index contributed by atoms with van der Waals surface area (Å²) in [5, 5.41) is 17.3. The van der Waals surface area contributed by atoms with E-state index in [4.69, 9.17) is 10.1 Å². The van der Waals surface area contributed by atoms with Crippen LogP contribution in [0.3, 0.4) is 0 Å². The van der Waals surface area contributed by atoms with E-state index in [1.165, 1.54) is 0 Å². The molecule has 0 atom stereocenters. The zero-order chi connectivity index (χ0) is 19.8. The molecule has 1 fully saturated rings. The van der Waals surface area contributed by atoms with Crippen molar-refractivity contribution in [3.05, 3.63) is 58.4 Å². The number of carboxylic acids is 1. The van der Waals surface area contributed by atoms with Crippen molar-refractivity contribution in [2.45, 2.75) is 32.1 Å². The number of benzene rings is 1. The van der Waals surface area contributed by atoms with Crippen LogP contribution in [0.4, 0.5) is 0 Å². The summed E-state index contributed by atoms with van der Waals surface area (Å²) in [5.41, 5.74) is 4.20. The van der Waals surface area contributed by atoms with E-state index in [-0.39, 0.29) is 11.5 Å². The Bertz CT molecular complexity index is 1080. The number of nitrogens with zero attached hydrogens (tertiary/aromatic N) is 3. The van der Waals surface area contributed by atoms with Gasteiger partial charge < -0.3 is 10.4 Å². The average molecular weight is 378 g/mol. The monoisotopic (exact) mass is 378 g/mol. The Morgan fingerprint density at radius 2 is 2.07 bits per heavy atom. The summed E-state index contributed by atoms with van der Waals surface area (Å²) in [6.45, 7) is 2.30. The van der Waals surface area contributed by atoms with E-state index >= 15 is 0 Å². The maximum atomic E-state index is 12.9. The molecule has 7 heteroatoms. The van der Waals surface area contributed by atoms with E-state index in [1.807, 2.05) is 26.1 Å². The quantitative estimate of drug-likeness (QED) is 0.687. The lowest BCUT2D eigenvalue weighted by atomic mass is 10.1. The van der Waals surface area contributed by atoms with E-state index in [0.29, 0.717) is 24.4 Å². The number of carboxylic acid groups (broad SMARTS) is 1. The first-order valence-electron chi connectivity index (χ1n) is 9.38. The highest BCUT2D eigenvalue weighted by molar-refractivity contribution is 6.06. The normalized spacial score (nSPS) is 13.6. The Balaban J connectivity index is 1.54. The summed E-state index contributed by atoms with van der Waals surface area (Å²) in [4.78, 5) is 28.7. The third-order valence-electron chi connectivity index (χ3n) is 5.10. The van der Waals surface area contributed by atoms with Gasteiger partial charge in [0.1, 0.15) is 0 Å². The number of aromatic nitrogens is 3. The molecular formula is C21H22N4O3. The van der Waals surface area contributed by atoms with Crippen LogP contribution >= 0.6 is 0 Å². The Morgan fingerprint density at radius 1 is 1.29 bits per heavy atom. The van der Waals surface area contributed by atoms with Crippen LogP contribution < -0.4 is 5.32 Å². The van der Waals surface area contributed by atoms with Gasteiger partial charge in [-0.2, -0.15) is 5.10 Å². The first-order valence-corrected chi connectivity index (χ1v) is 9.38. The van der Waals surface area contributed by atoms with Gasteiger partial charge in [0, 0.05) is 25.2 Å². The molecule has 2 heterocycles. The number of aromatic carboxylic acids is 1. The Kier molecular flexibility index (Phi) is 4.58. The van der Waals surface area contributed by atoms with Crippen LogP contribution in [0.15, 0.2) is 30.3 Å². The van der Waals surface area contributed by atoms with Crippen molar-refractivity contribution in [3.63, 3.8) is 0 Å². The molecule has 1 amide bonds. The number of hydrogen-bond donors (Lipinski definition) is 2. The molecule has 144 valence electrons. The summed E-state index contributed by atoms with van der Waals surface area (Å²) >= 11 is 0. The van der Waals surface area contributed by atoms with Gasteiger partial charge in [-0.15, -0.1) is 0 Å². The lowest BCUT2D eigenvalue weighted by Gasteiger charge is -2.09. The number of carbonyl (C=O) groups excluding carboxylic acids is 1. The molecule has 2 N–H and O–H groups in total. The van der Waals surface area contributed by atoms with Crippen molar-refractivity contribution in [1.82, 2.24) is 20.1 Å². The lowest BCUT2D eigenvalue weighted by Crippen LogP contribution is -2.26. The van der Waals surface area contributed by atoms with E-state index in [0.717, 1.165) is 40.8 Å². The van der Waals surface area contributed by atoms with Gasteiger partial charge >= 0.3 is 5.97 Å². The number of nitrogens with one attached hydrogen (secondary N) is 1. The van der Waals surface area contributed by atoms with Crippen LogP contribution in [0.1, 0.15) is 56.4 Å². The van der Waals surface area contributed by atoms with Crippen molar-refractivity contribution in [3.8, 4) is 0 Å². The first-order chi connectivity index (χ1) is 13.4. The molecule has 7 nitrogen and oxygen atoms in total. The number of amides is 1. The molecule has 1 saturated carbocycles. The maximum Gasteiger partial charge on any atom is 0.335 e. The zero-order valence-corrected chi connectivity index (χ0v) is 15.9. The fourth-order valence-corrected chi connectivity index (χ4v) is 3.51. The third kappa shape index (κ3) is 3.47. The number of aryl methyl sites for hydroxylation is 2. The van der Waals surface area contributed by atoms with Gasteiger partial charge in [-0.05, 0) is 49.9 Å². The van der Waals surface area contributed by atoms with Crippen molar-refractivity contribution < 1.29 is 14.7 Å². The number of fused-ring (bicyclic) bond motifs is 1. The highest BCUT2D eigenvalue weighted by Gasteiger charge is 2.28. The lowest BCUT2D eigenvalue weighted by molar-refractivity contribution is 0.0696. The SMILES string of the molecule is Cc1nn(C)c2nc(C3CC3)cc(C(=O)NCCc3cccc(C(=O)O)c3)c12. The Morgan fingerprint density at radius 3 is 2.79 bits per heavy atom. The van der Waals surface area contributed by atoms with E-state index in [2.05, 4.69) is 10.4 Å². The van der Waals surface area contributed by atoms with Gasteiger partial charge in [0.05, 0.1) is 22.2 Å². The molecular weight excluding hydrogens is 356 g/mol. The van der Waals surface area contributed by atoms with Gasteiger partial charge in [0.2, 0.25) is 0 Å². The summed E-state index contributed by atoms with van der Waals surface area (Å²) in [6.07, 6.45) is 2.77. The van der Waals surface area contributed by atoms with Gasteiger partial charge in [-0.3, -0.25) is 9.48 Å². The molecule has 0 bridgehead atoms. The smallest absolute Gasteiger partial charge is 0.335 e. The second-order valence-corrected chi connectivity index (χ2v) is 7.29. The minimum Gasteiger partial charge on any atom is -0.478 e. The van der Waals surface area contributed by atoms with Crippen molar-refractivity contribution in [1.29, 1.82) is 0 Å². The summed E-state index contributed by atoms with van der Waals surface area (Å²) in [6, 6.07) is 8.67. The van der Waals surface area contributed by atoms with Crippen LogP contribution in [0.25, 0.3) is 11.0 Å². The second kappa shape index (κ2) is 7.07. The molecule has 0 unspecified atom stereocenters. The van der Waals surface area contributed by atoms with Crippen molar-refractivity contribution in [2.24, 2.45) is 7.05 Å². The standard InChI is InChI=1S/C21H22N4O3/c1-12-18-16(11-17(14-6-7-14)23-19(18)25(2)24-12)20(26)22-9-8-13-4-3-5-15(10-13)21(27)28/h3-5,10-11,14H,6-9H2,1-2H3,(H,22,26)(H,27,28). The van der Waals surface area contributed by atoms with Crippen LogP contribution in [-0.2, 0) is 13.5 Å². The molecule has 28 heavy (non-hydrogen) atoms. The molecule has 2 aromatic heterocycles. The van der Waals surface area contributed by atoms with Crippen LogP contribution in [0.5, 0.6) is 0 Å². The highest BCUT2D eigenvalue weighted by Crippen LogP contribution is 2.40. The van der Waals surface area contributed by atoms with Crippen LogP contribution in [-0.4, -0.2) is 38.3 Å². The molecule has 3 aromatic rings. The number of hydrogen-bond acceptors (Lipinski definition) is 4. The van der Waals surface area contributed by atoms with Crippen molar-refractivity contribution >= 4 is 22.9 Å². The third-order valence-corrected chi connectivity index (χ3v) is 5.10. The molecule has 0 aliphatic heterocycles. The Hall–Kier alpha value is -3.22. The topological polar surface area (TPSA) is 97.1 Å². The molecule has 0 saturated heterocycles. The summed E-state index contributed by atoms with van der Waals surface area (Å²) < 4.78 is 1.73. The molecule has 0 spiro atoms. The fourth-order valence-electron chi connectivity index (χ4n) is 3.51. The number of pyridine rings is 1. The van der Waals surface area contributed by atoms with Crippen LogP contribution in [0.2, 0.25) is 0 Å². The molecule has 1 aliphatic rings. The summed E-state index contributed by atoms with van der Waals surface area (Å²) in [5.74, 6) is -0.672. The largest absolute Gasteiger partial charge is 0.478 e.